The standard InChI is InChI=1S/C16H15N3O/c1-20-16-7-4-12(11-19-16)10-18-14-5-6-15-13(9-14)3-2-8-17-15/h2-9,11,18H,10H2,1H3. The molecule has 0 aliphatic carbocycles. The number of ether oxygens (including phenoxy) is 1. The Morgan fingerprint density at radius 3 is 2.85 bits per heavy atom. The van der Waals surface area contributed by atoms with Crippen molar-refractivity contribution in [2.75, 3.05) is 12.4 Å². The van der Waals surface area contributed by atoms with Gasteiger partial charge in [0.1, 0.15) is 0 Å². The lowest BCUT2D eigenvalue weighted by Crippen LogP contribution is -2.00. The Morgan fingerprint density at radius 2 is 2.05 bits per heavy atom. The molecule has 20 heavy (non-hydrogen) atoms. The highest BCUT2D eigenvalue weighted by Crippen LogP contribution is 2.17. The quantitative estimate of drug-likeness (QED) is 0.786. The second-order valence-corrected chi connectivity index (χ2v) is 4.47. The van der Waals surface area contributed by atoms with Crippen LogP contribution in [-0.2, 0) is 6.54 Å². The van der Waals surface area contributed by atoms with Crippen molar-refractivity contribution in [2.24, 2.45) is 0 Å². The number of hydrogen-bond donors (Lipinski definition) is 1. The minimum absolute atomic E-state index is 0.630. The van der Waals surface area contributed by atoms with Crippen molar-refractivity contribution in [3.8, 4) is 5.88 Å². The summed E-state index contributed by atoms with van der Waals surface area (Å²) in [5.74, 6) is 0.630. The summed E-state index contributed by atoms with van der Waals surface area (Å²) < 4.78 is 5.04. The number of nitrogens with zero attached hydrogens (tertiary/aromatic N) is 2. The van der Waals surface area contributed by atoms with Crippen molar-refractivity contribution in [2.45, 2.75) is 6.54 Å². The van der Waals surface area contributed by atoms with E-state index in [9.17, 15) is 0 Å². The summed E-state index contributed by atoms with van der Waals surface area (Å²) in [5, 5.41) is 4.51. The molecule has 3 rings (SSSR count). The van der Waals surface area contributed by atoms with Gasteiger partial charge in [0.25, 0.3) is 0 Å². The van der Waals surface area contributed by atoms with E-state index in [-0.39, 0.29) is 0 Å². The molecular weight excluding hydrogens is 250 g/mol. The Labute approximate surface area is 117 Å². The largest absolute Gasteiger partial charge is 0.481 e. The Hall–Kier alpha value is -2.62. The van der Waals surface area contributed by atoms with Crippen molar-refractivity contribution in [3.63, 3.8) is 0 Å². The van der Waals surface area contributed by atoms with Gasteiger partial charge in [0.15, 0.2) is 0 Å². The highest BCUT2D eigenvalue weighted by atomic mass is 16.5. The van der Waals surface area contributed by atoms with Crippen LogP contribution in [0.1, 0.15) is 5.56 Å². The molecule has 1 N–H and O–H groups in total. The molecule has 4 nitrogen and oxygen atoms in total. The van der Waals surface area contributed by atoms with E-state index in [0.717, 1.165) is 28.7 Å². The maximum Gasteiger partial charge on any atom is 0.212 e. The fourth-order valence-corrected chi connectivity index (χ4v) is 2.03. The first-order valence-electron chi connectivity index (χ1n) is 6.43. The Bertz CT molecular complexity index is 710. The molecule has 0 fully saturated rings. The lowest BCUT2D eigenvalue weighted by atomic mass is 10.2. The Kier molecular flexibility index (Phi) is 3.46. The minimum Gasteiger partial charge on any atom is -0.481 e. The van der Waals surface area contributed by atoms with Gasteiger partial charge in [-0.25, -0.2) is 4.98 Å². The number of hydrogen-bond acceptors (Lipinski definition) is 4. The van der Waals surface area contributed by atoms with E-state index in [4.69, 9.17) is 4.74 Å². The van der Waals surface area contributed by atoms with Crippen LogP contribution in [0, 0.1) is 0 Å². The summed E-state index contributed by atoms with van der Waals surface area (Å²) in [7, 11) is 1.61. The zero-order valence-electron chi connectivity index (χ0n) is 11.2. The summed E-state index contributed by atoms with van der Waals surface area (Å²) in [6.45, 7) is 0.725. The molecule has 0 saturated carbocycles. The minimum atomic E-state index is 0.630. The van der Waals surface area contributed by atoms with Gasteiger partial charge in [-0.1, -0.05) is 12.1 Å². The van der Waals surface area contributed by atoms with Gasteiger partial charge < -0.3 is 10.1 Å². The molecule has 1 aromatic carbocycles. The monoisotopic (exact) mass is 265 g/mol. The van der Waals surface area contributed by atoms with Crippen LogP contribution in [0.4, 0.5) is 5.69 Å². The summed E-state index contributed by atoms with van der Waals surface area (Å²) in [6.07, 6.45) is 3.62. The molecule has 0 spiro atoms. The molecule has 2 aromatic heterocycles. The number of nitrogens with one attached hydrogen (secondary N) is 1. The molecule has 2 heterocycles. The first-order chi connectivity index (χ1) is 9.85. The van der Waals surface area contributed by atoms with Gasteiger partial charge >= 0.3 is 0 Å². The summed E-state index contributed by atoms with van der Waals surface area (Å²) in [4.78, 5) is 8.50. The normalized spacial score (nSPS) is 10.4. The van der Waals surface area contributed by atoms with E-state index in [1.54, 1.807) is 13.3 Å². The second kappa shape index (κ2) is 5.57. The molecule has 0 aliphatic rings. The number of anilines is 1. The molecule has 100 valence electrons. The number of aromatic nitrogens is 2. The summed E-state index contributed by atoms with van der Waals surface area (Å²) >= 11 is 0. The Morgan fingerprint density at radius 1 is 1.10 bits per heavy atom. The molecule has 0 atom stereocenters. The van der Waals surface area contributed by atoms with Crippen LogP contribution in [0.15, 0.2) is 54.9 Å². The van der Waals surface area contributed by atoms with Crippen LogP contribution < -0.4 is 10.1 Å². The van der Waals surface area contributed by atoms with E-state index in [0.29, 0.717) is 5.88 Å². The first kappa shape index (κ1) is 12.4. The van der Waals surface area contributed by atoms with Gasteiger partial charge in [0.05, 0.1) is 12.6 Å². The number of methoxy groups -OCH3 is 1. The van der Waals surface area contributed by atoms with Crippen LogP contribution in [0.2, 0.25) is 0 Å². The van der Waals surface area contributed by atoms with Gasteiger partial charge in [-0.15, -0.1) is 0 Å². The maximum absolute atomic E-state index is 5.04. The zero-order chi connectivity index (χ0) is 13.8. The molecule has 0 unspecified atom stereocenters. The highest BCUT2D eigenvalue weighted by molar-refractivity contribution is 5.82. The average molecular weight is 265 g/mol. The third-order valence-corrected chi connectivity index (χ3v) is 3.11. The molecule has 0 radical (unpaired) electrons. The fourth-order valence-electron chi connectivity index (χ4n) is 2.03. The topological polar surface area (TPSA) is 47.0 Å². The van der Waals surface area contributed by atoms with Gasteiger partial charge in [-0.2, -0.15) is 0 Å². The predicted octanol–water partition coefficient (Wildman–Crippen LogP) is 3.25. The van der Waals surface area contributed by atoms with Gasteiger partial charge in [-0.3, -0.25) is 4.98 Å². The van der Waals surface area contributed by atoms with Crippen LogP contribution in [0.25, 0.3) is 10.9 Å². The van der Waals surface area contributed by atoms with Crippen molar-refractivity contribution < 1.29 is 4.74 Å². The van der Waals surface area contributed by atoms with Gasteiger partial charge in [0.2, 0.25) is 5.88 Å². The van der Waals surface area contributed by atoms with E-state index in [2.05, 4.69) is 27.4 Å². The van der Waals surface area contributed by atoms with Crippen molar-refractivity contribution in [1.82, 2.24) is 9.97 Å². The summed E-state index contributed by atoms with van der Waals surface area (Å²) in [5.41, 5.74) is 3.18. The van der Waals surface area contributed by atoms with Gasteiger partial charge in [-0.05, 0) is 29.8 Å². The van der Waals surface area contributed by atoms with Crippen LogP contribution in [0.3, 0.4) is 0 Å². The van der Waals surface area contributed by atoms with E-state index >= 15 is 0 Å². The smallest absolute Gasteiger partial charge is 0.212 e. The molecule has 4 heteroatoms. The first-order valence-corrected chi connectivity index (χ1v) is 6.43. The van der Waals surface area contributed by atoms with E-state index in [1.807, 2.05) is 36.5 Å². The van der Waals surface area contributed by atoms with Crippen molar-refractivity contribution >= 4 is 16.6 Å². The molecule has 0 saturated heterocycles. The molecule has 0 amide bonds. The lowest BCUT2D eigenvalue weighted by molar-refractivity contribution is 0.397. The number of benzene rings is 1. The maximum atomic E-state index is 5.04. The van der Waals surface area contributed by atoms with Crippen LogP contribution >= 0.6 is 0 Å². The Balaban J connectivity index is 1.72. The summed E-state index contributed by atoms with van der Waals surface area (Å²) in [6, 6.07) is 14.0. The number of rotatable bonds is 4. The molecular formula is C16H15N3O. The fraction of sp³-hybridized carbons (Fsp3) is 0.125. The predicted molar refractivity (Wildman–Crippen MR) is 79.9 cm³/mol. The van der Waals surface area contributed by atoms with Crippen molar-refractivity contribution in [1.29, 1.82) is 0 Å². The second-order valence-electron chi connectivity index (χ2n) is 4.47. The number of fused-ring (bicyclic) bond motifs is 1. The SMILES string of the molecule is COc1ccc(CNc2ccc3ncccc3c2)cn1. The molecule has 0 aliphatic heterocycles. The molecule has 0 bridgehead atoms. The van der Waals surface area contributed by atoms with Crippen molar-refractivity contribution in [3.05, 3.63) is 60.4 Å². The zero-order valence-corrected chi connectivity index (χ0v) is 11.2. The van der Waals surface area contributed by atoms with E-state index in [1.165, 1.54) is 0 Å². The average Bonchev–Trinajstić information content (AvgIpc) is 2.53. The third-order valence-electron chi connectivity index (χ3n) is 3.11. The third kappa shape index (κ3) is 2.69. The van der Waals surface area contributed by atoms with Crippen LogP contribution in [-0.4, -0.2) is 17.1 Å². The van der Waals surface area contributed by atoms with E-state index < -0.39 is 0 Å². The number of pyridine rings is 2. The van der Waals surface area contributed by atoms with Crippen LogP contribution in [0.5, 0.6) is 5.88 Å². The van der Waals surface area contributed by atoms with Gasteiger partial charge in [0, 0.05) is 36.1 Å². The lowest BCUT2D eigenvalue weighted by Gasteiger charge is -2.07. The highest BCUT2D eigenvalue weighted by Gasteiger charge is 1.98. The molecule has 3 aromatic rings.